The summed E-state index contributed by atoms with van der Waals surface area (Å²) < 4.78 is 15.4. The van der Waals surface area contributed by atoms with E-state index in [4.69, 9.17) is 5.26 Å². The second-order valence-electron chi connectivity index (χ2n) is 4.99. The van der Waals surface area contributed by atoms with E-state index in [2.05, 4.69) is 10.3 Å². The van der Waals surface area contributed by atoms with Crippen molar-refractivity contribution in [1.82, 2.24) is 9.55 Å². The monoisotopic (exact) mass is 284 g/mol. The van der Waals surface area contributed by atoms with Crippen LogP contribution in [0, 0.1) is 17.1 Å². The van der Waals surface area contributed by atoms with Crippen LogP contribution in [0.3, 0.4) is 0 Å². The molecule has 0 bridgehead atoms. The maximum atomic E-state index is 13.8. The van der Waals surface area contributed by atoms with Gasteiger partial charge in [0.05, 0.1) is 11.6 Å². The molecule has 0 amide bonds. The summed E-state index contributed by atoms with van der Waals surface area (Å²) >= 11 is 0. The van der Waals surface area contributed by atoms with Gasteiger partial charge in [-0.15, -0.1) is 0 Å². The first-order valence-electron chi connectivity index (χ1n) is 6.68. The van der Waals surface area contributed by atoms with Gasteiger partial charge in [0, 0.05) is 30.5 Å². The summed E-state index contributed by atoms with van der Waals surface area (Å²) in [4.78, 5) is 16.2. The van der Waals surface area contributed by atoms with Crippen molar-refractivity contribution < 1.29 is 4.39 Å². The molecule has 0 unspecified atom stereocenters. The highest BCUT2D eigenvalue weighted by atomic mass is 19.1. The molecule has 1 fully saturated rings. The number of halogens is 1. The summed E-state index contributed by atoms with van der Waals surface area (Å²) in [6, 6.07) is 6.40. The molecule has 0 spiro atoms. The lowest BCUT2D eigenvalue weighted by atomic mass is 10.1. The first-order valence-corrected chi connectivity index (χ1v) is 6.68. The van der Waals surface area contributed by atoms with Crippen LogP contribution in [0.15, 0.2) is 35.4 Å². The van der Waals surface area contributed by atoms with Gasteiger partial charge in [-0.1, -0.05) is 6.07 Å². The molecule has 21 heavy (non-hydrogen) atoms. The average molecular weight is 284 g/mol. The van der Waals surface area contributed by atoms with Gasteiger partial charge in [-0.3, -0.25) is 4.79 Å². The minimum absolute atomic E-state index is 0.147. The fourth-order valence-electron chi connectivity index (χ4n) is 2.13. The van der Waals surface area contributed by atoms with Crippen LogP contribution >= 0.6 is 0 Å². The maximum Gasteiger partial charge on any atom is 0.293 e. The lowest BCUT2D eigenvalue weighted by molar-refractivity contribution is 0.612. The van der Waals surface area contributed by atoms with Gasteiger partial charge >= 0.3 is 0 Å². The minimum Gasteiger partial charge on any atom is -0.361 e. The Labute approximate surface area is 120 Å². The van der Waals surface area contributed by atoms with Crippen LogP contribution in [0.4, 0.5) is 10.2 Å². The van der Waals surface area contributed by atoms with E-state index < -0.39 is 5.82 Å². The van der Waals surface area contributed by atoms with Crippen LogP contribution in [-0.2, 0) is 6.54 Å². The summed E-state index contributed by atoms with van der Waals surface area (Å²) in [7, 11) is 0. The predicted octanol–water partition coefficient (Wildman–Crippen LogP) is 2.20. The summed E-state index contributed by atoms with van der Waals surface area (Å²) in [6.45, 7) is 0.147. The molecule has 1 N–H and O–H groups in total. The third kappa shape index (κ3) is 2.77. The number of nitrogens with zero attached hydrogens (tertiary/aromatic N) is 3. The molecule has 0 aliphatic heterocycles. The summed E-state index contributed by atoms with van der Waals surface area (Å²) in [5.41, 5.74) is 0.469. The number of rotatable bonds is 4. The van der Waals surface area contributed by atoms with E-state index in [0.29, 0.717) is 5.56 Å². The van der Waals surface area contributed by atoms with Gasteiger partial charge in [0.2, 0.25) is 0 Å². The van der Waals surface area contributed by atoms with Crippen molar-refractivity contribution in [3.8, 4) is 6.07 Å². The molecule has 6 heteroatoms. The Bertz CT molecular complexity index is 774. The van der Waals surface area contributed by atoms with Crippen molar-refractivity contribution in [3.63, 3.8) is 0 Å². The Kier molecular flexibility index (Phi) is 3.40. The molecule has 0 atom stereocenters. The third-order valence-electron chi connectivity index (χ3n) is 3.44. The molecule has 1 aliphatic carbocycles. The second-order valence-corrected chi connectivity index (χ2v) is 4.99. The standard InChI is InChI=1S/C15H13FN4O/c16-13-7-10(8-17)1-2-11(13)9-19-14-15(21)20(6-5-18-14)12-3-4-12/h1-2,5-7,12H,3-4,9H2,(H,18,19). The molecule has 106 valence electrons. The van der Waals surface area contributed by atoms with Crippen molar-refractivity contribution in [2.24, 2.45) is 0 Å². The van der Waals surface area contributed by atoms with Crippen molar-refractivity contribution in [1.29, 1.82) is 5.26 Å². The Morgan fingerprint density at radius 1 is 1.48 bits per heavy atom. The molecule has 1 aliphatic rings. The molecular weight excluding hydrogens is 271 g/mol. The number of benzene rings is 1. The van der Waals surface area contributed by atoms with Crippen LogP contribution in [0.25, 0.3) is 0 Å². The van der Waals surface area contributed by atoms with Gasteiger partial charge in [0.1, 0.15) is 5.82 Å². The molecular formula is C15H13FN4O. The Morgan fingerprint density at radius 2 is 2.29 bits per heavy atom. The molecule has 3 rings (SSSR count). The molecule has 2 aromatic rings. The van der Waals surface area contributed by atoms with E-state index in [9.17, 15) is 9.18 Å². The number of nitrogens with one attached hydrogen (secondary N) is 1. The van der Waals surface area contributed by atoms with Crippen molar-refractivity contribution in [2.45, 2.75) is 25.4 Å². The molecule has 1 aromatic carbocycles. The zero-order valence-electron chi connectivity index (χ0n) is 11.2. The third-order valence-corrected chi connectivity index (χ3v) is 3.44. The fraction of sp³-hybridized carbons (Fsp3) is 0.267. The second kappa shape index (κ2) is 5.37. The van der Waals surface area contributed by atoms with Gasteiger partial charge in [-0.2, -0.15) is 5.26 Å². The summed E-state index contributed by atoms with van der Waals surface area (Å²) in [5, 5.41) is 11.6. The molecule has 1 saturated carbocycles. The van der Waals surface area contributed by atoms with Crippen molar-refractivity contribution >= 4 is 5.82 Å². The lowest BCUT2D eigenvalue weighted by Crippen LogP contribution is -2.23. The van der Waals surface area contributed by atoms with Gasteiger partial charge in [0.15, 0.2) is 5.82 Å². The average Bonchev–Trinajstić information content (AvgIpc) is 3.32. The van der Waals surface area contributed by atoms with Crippen LogP contribution < -0.4 is 10.9 Å². The zero-order valence-corrected chi connectivity index (χ0v) is 11.2. The normalized spacial score (nSPS) is 13.7. The fourth-order valence-corrected chi connectivity index (χ4v) is 2.13. The number of anilines is 1. The first-order chi connectivity index (χ1) is 10.2. The largest absolute Gasteiger partial charge is 0.361 e. The zero-order chi connectivity index (χ0) is 14.8. The van der Waals surface area contributed by atoms with Crippen LogP contribution in [-0.4, -0.2) is 9.55 Å². The van der Waals surface area contributed by atoms with Gasteiger partial charge in [-0.05, 0) is 25.0 Å². The van der Waals surface area contributed by atoms with E-state index in [1.165, 1.54) is 12.1 Å². The quantitative estimate of drug-likeness (QED) is 0.934. The Morgan fingerprint density at radius 3 is 2.95 bits per heavy atom. The summed E-state index contributed by atoms with van der Waals surface area (Å²) in [6.07, 6.45) is 5.26. The van der Waals surface area contributed by atoms with Gasteiger partial charge in [0.25, 0.3) is 5.56 Å². The number of hydrogen-bond donors (Lipinski definition) is 1. The number of nitriles is 1. The van der Waals surface area contributed by atoms with E-state index in [0.717, 1.165) is 12.8 Å². The maximum absolute atomic E-state index is 13.8. The lowest BCUT2D eigenvalue weighted by Gasteiger charge is -2.09. The van der Waals surface area contributed by atoms with Crippen LogP contribution in [0.1, 0.15) is 30.0 Å². The molecule has 0 radical (unpaired) electrons. The van der Waals surface area contributed by atoms with Crippen molar-refractivity contribution in [3.05, 3.63) is 57.9 Å². The topological polar surface area (TPSA) is 70.7 Å². The number of aromatic nitrogens is 2. The highest BCUT2D eigenvalue weighted by molar-refractivity contribution is 5.37. The van der Waals surface area contributed by atoms with Crippen LogP contribution in [0.5, 0.6) is 0 Å². The molecule has 1 aromatic heterocycles. The van der Waals surface area contributed by atoms with E-state index in [-0.39, 0.29) is 29.5 Å². The van der Waals surface area contributed by atoms with Crippen LogP contribution in [0.2, 0.25) is 0 Å². The molecule has 0 saturated heterocycles. The first kappa shape index (κ1) is 13.3. The SMILES string of the molecule is N#Cc1ccc(CNc2nccn(C3CC3)c2=O)c(F)c1. The van der Waals surface area contributed by atoms with E-state index in [1.54, 1.807) is 23.0 Å². The highest BCUT2D eigenvalue weighted by Gasteiger charge is 2.25. The molecule has 5 nitrogen and oxygen atoms in total. The summed E-state index contributed by atoms with van der Waals surface area (Å²) in [5.74, 6) is -0.256. The highest BCUT2D eigenvalue weighted by Crippen LogP contribution is 2.33. The smallest absolute Gasteiger partial charge is 0.293 e. The minimum atomic E-state index is -0.472. The van der Waals surface area contributed by atoms with Crippen molar-refractivity contribution in [2.75, 3.05) is 5.32 Å². The number of hydrogen-bond acceptors (Lipinski definition) is 4. The Hall–Kier alpha value is -2.68. The predicted molar refractivity (Wildman–Crippen MR) is 75.2 cm³/mol. The molecule has 1 heterocycles. The van der Waals surface area contributed by atoms with Gasteiger partial charge in [-0.25, -0.2) is 9.37 Å². The van der Waals surface area contributed by atoms with E-state index >= 15 is 0 Å². The van der Waals surface area contributed by atoms with E-state index in [1.807, 2.05) is 6.07 Å². The van der Waals surface area contributed by atoms with Gasteiger partial charge < -0.3 is 9.88 Å². The Balaban J connectivity index is 1.78.